The summed E-state index contributed by atoms with van der Waals surface area (Å²) >= 11 is 0. The fourth-order valence-electron chi connectivity index (χ4n) is 6.29. The molecule has 2 aliphatic rings. The molecule has 47 heavy (non-hydrogen) atoms. The van der Waals surface area contributed by atoms with Crippen LogP contribution in [-0.4, -0.2) is 118 Å². The molecule has 0 aromatic heterocycles. The first kappa shape index (κ1) is 36.9. The van der Waals surface area contributed by atoms with Gasteiger partial charge in [0.2, 0.25) is 17.6 Å². The van der Waals surface area contributed by atoms with Crippen molar-refractivity contribution in [3.05, 3.63) is 70.3 Å². The summed E-state index contributed by atoms with van der Waals surface area (Å²) in [5.41, 5.74) is 0.491. The van der Waals surface area contributed by atoms with Crippen LogP contribution in [0.5, 0.6) is 0 Å². The quantitative estimate of drug-likeness (QED) is 0.217. The van der Waals surface area contributed by atoms with Gasteiger partial charge in [0.1, 0.15) is 23.9 Å². The molecule has 11 heteroatoms. The van der Waals surface area contributed by atoms with Crippen LogP contribution in [0.2, 0.25) is 0 Å². The highest BCUT2D eigenvalue weighted by atomic mass is 16.8. The minimum atomic E-state index is -1.75. The molecule has 0 unspecified atom stereocenters. The highest BCUT2D eigenvalue weighted by Crippen LogP contribution is 2.53. The lowest BCUT2D eigenvalue weighted by Crippen LogP contribution is -2.70. The molecule has 2 saturated heterocycles. The van der Waals surface area contributed by atoms with E-state index in [1.54, 1.807) is 27.0 Å². The molecule has 260 valence electrons. The van der Waals surface area contributed by atoms with Crippen molar-refractivity contribution in [2.45, 2.75) is 101 Å². The van der Waals surface area contributed by atoms with Crippen LogP contribution in [0.15, 0.2) is 42.5 Å². The van der Waals surface area contributed by atoms with Gasteiger partial charge in [-0.3, -0.25) is 9.59 Å². The second-order valence-electron chi connectivity index (χ2n) is 14.4. The van der Waals surface area contributed by atoms with E-state index in [2.05, 4.69) is 5.32 Å². The molecule has 2 aromatic carbocycles. The predicted octanol–water partition coefficient (Wildman–Crippen LogP) is 1.63. The zero-order valence-electron chi connectivity index (χ0n) is 29.0. The molecule has 0 spiro atoms. The molecule has 0 aliphatic carbocycles. The minimum absolute atomic E-state index is 0.0793. The molecular formula is C36H53N3O8. The van der Waals surface area contributed by atoms with Crippen LogP contribution >= 0.6 is 0 Å². The minimum Gasteiger partial charge on any atom is -0.387 e. The van der Waals surface area contributed by atoms with Crippen molar-refractivity contribution in [1.29, 1.82) is 0 Å². The topological polar surface area (TPSA) is 152 Å². The van der Waals surface area contributed by atoms with Crippen molar-refractivity contribution in [2.24, 2.45) is 0 Å². The Labute approximate surface area is 278 Å². The highest BCUT2D eigenvalue weighted by molar-refractivity contribution is 5.90. The molecule has 11 nitrogen and oxygen atoms in total. The van der Waals surface area contributed by atoms with Gasteiger partial charge in [-0.25, -0.2) is 0 Å². The summed E-state index contributed by atoms with van der Waals surface area (Å²) in [5.74, 6) is -2.01. The maximum Gasteiger partial charge on any atom is 0.245 e. The predicted molar refractivity (Wildman–Crippen MR) is 178 cm³/mol. The summed E-state index contributed by atoms with van der Waals surface area (Å²) in [6, 6.07) is 13.7. The first-order chi connectivity index (χ1) is 21.9. The van der Waals surface area contributed by atoms with E-state index in [4.69, 9.17) is 9.47 Å². The highest BCUT2D eigenvalue weighted by Gasteiger charge is 2.71. The summed E-state index contributed by atoms with van der Waals surface area (Å²) in [6.45, 7) is 9.50. The average molecular weight is 656 g/mol. The van der Waals surface area contributed by atoms with E-state index in [0.717, 1.165) is 35.2 Å². The van der Waals surface area contributed by atoms with Gasteiger partial charge in [-0.05, 0) is 96.3 Å². The van der Waals surface area contributed by atoms with Crippen LogP contribution in [0.25, 0.3) is 0 Å². The Hall–Kier alpha value is -2.90. The third-order valence-corrected chi connectivity index (χ3v) is 10.0. The molecule has 0 saturated carbocycles. The second kappa shape index (κ2) is 13.9. The lowest BCUT2D eigenvalue weighted by atomic mass is 9.75. The van der Waals surface area contributed by atoms with Crippen LogP contribution in [0.1, 0.15) is 68.4 Å². The number of aryl methyl sites for hydroxylation is 2. The molecule has 2 bridgehead atoms. The van der Waals surface area contributed by atoms with Gasteiger partial charge in [-0.15, -0.1) is 0 Å². The number of nitrogens with one attached hydrogen (secondary N) is 1. The standard InChI is InChI=1S/C36H53N3O8/c1-23-12-17-27(36-31(43)29(41)30(42)35(47-36,22-46-36)34(4,5)45)21-26(23)20-25-15-13-24(14-16-25)10-9-11-28(40)39(8)33(2,3)32(44)37-18-19-38(6)7/h12-17,21,29-31,41-43,45H,9-11,18-20,22H2,1-8H3,(H,37,44)/t29-,30-,31+,35-,36-/m0/s1. The third kappa shape index (κ3) is 7.27. The van der Waals surface area contributed by atoms with E-state index in [1.165, 1.54) is 18.7 Å². The number of hydrogen-bond donors (Lipinski definition) is 5. The van der Waals surface area contributed by atoms with E-state index in [-0.39, 0.29) is 18.4 Å². The molecule has 5 atom stereocenters. The number of likely N-dealkylation sites (N-methyl/N-ethyl adjacent to an activating group) is 2. The molecule has 2 aromatic rings. The van der Waals surface area contributed by atoms with Gasteiger partial charge in [0.15, 0.2) is 5.60 Å². The van der Waals surface area contributed by atoms with Gasteiger partial charge < -0.3 is 45.0 Å². The van der Waals surface area contributed by atoms with Gasteiger partial charge in [0, 0.05) is 32.1 Å². The van der Waals surface area contributed by atoms with Gasteiger partial charge in [0.25, 0.3) is 0 Å². The molecule has 2 heterocycles. The maximum absolute atomic E-state index is 12.9. The molecule has 5 N–H and O–H groups in total. The average Bonchev–Trinajstić information content (AvgIpc) is 3.41. The van der Waals surface area contributed by atoms with Crippen molar-refractivity contribution in [3.63, 3.8) is 0 Å². The van der Waals surface area contributed by atoms with Crippen molar-refractivity contribution in [1.82, 2.24) is 15.1 Å². The number of carbonyl (C=O) groups excluding carboxylic acids is 2. The van der Waals surface area contributed by atoms with Crippen LogP contribution in [-0.2, 0) is 37.7 Å². The molecule has 2 amide bonds. The smallest absolute Gasteiger partial charge is 0.245 e. The molecule has 0 radical (unpaired) electrons. The second-order valence-corrected chi connectivity index (χ2v) is 14.4. The van der Waals surface area contributed by atoms with Crippen molar-refractivity contribution in [3.8, 4) is 0 Å². The summed E-state index contributed by atoms with van der Waals surface area (Å²) < 4.78 is 12.2. The lowest BCUT2D eigenvalue weighted by Gasteiger charge is -2.50. The summed E-state index contributed by atoms with van der Waals surface area (Å²) in [6.07, 6.45) is -2.43. The Morgan fingerprint density at radius 3 is 2.23 bits per heavy atom. The number of ether oxygens (including phenoxy) is 2. The number of hydrogen-bond acceptors (Lipinski definition) is 9. The van der Waals surface area contributed by atoms with Crippen molar-refractivity contribution in [2.75, 3.05) is 40.8 Å². The summed E-state index contributed by atoms with van der Waals surface area (Å²) in [4.78, 5) is 29.2. The molecular weight excluding hydrogens is 602 g/mol. The summed E-state index contributed by atoms with van der Waals surface area (Å²) in [7, 11) is 5.55. The number of aliphatic hydroxyl groups is 4. The number of amides is 2. The SMILES string of the molecule is Cc1ccc([C@]23OC[C@](C(C)(C)O)(O2)[C@@H](O)[C@H](O)[C@H]3O)cc1Cc1ccc(CCCC(=O)N(C)C(C)(C)C(=O)NCCN(C)C)cc1. The van der Waals surface area contributed by atoms with E-state index in [1.807, 2.05) is 62.3 Å². The fraction of sp³-hybridized carbons (Fsp3) is 0.611. The van der Waals surface area contributed by atoms with E-state index in [9.17, 15) is 30.0 Å². The van der Waals surface area contributed by atoms with Crippen LogP contribution in [0.4, 0.5) is 0 Å². The summed E-state index contributed by atoms with van der Waals surface area (Å²) in [5, 5.41) is 46.4. The van der Waals surface area contributed by atoms with Gasteiger partial charge in [0.05, 0.1) is 12.2 Å². The normalized spacial score (nSPS) is 26.0. The van der Waals surface area contributed by atoms with E-state index < -0.39 is 40.8 Å². The molecule has 2 fully saturated rings. The monoisotopic (exact) mass is 655 g/mol. The largest absolute Gasteiger partial charge is 0.387 e. The Morgan fingerprint density at radius 1 is 0.979 bits per heavy atom. The Balaban J connectivity index is 1.38. The van der Waals surface area contributed by atoms with Crippen LogP contribution < -0.4 is 5.32 Å². The Kier molecular flexibility index (Phi) is 10.9. The Morgan fingerprint density at radius 2 is 1.62 bits per heavy atom. The number of nitrogens with zero attached hydrogens (tertiary/aromatic N) is 2. The number of fused-ring (bicyclic) bond motifs is 2. The first-order valence-electron chi connectivity index (χ1n) is 16.3. The lowest BCUT2D eigenvalue weighted by molar-refractivity contribution is -0.348. The number of rotatable bonds is 13. The van der Waals surface area contributed by atoms with Gasteiger partial charge in [-0.2, -0.15) is 0 Å². The first-order valence-corrected chi connectivity index (χ1v) is 16.3. The van der Waals surface area contributed by atoms with Crippen LogP contribution in [0.3, 0.4) is 0 Å². The molecule has 2 aliphatic heterocycles. The number of carbonyl (C=O) groups is 2. The number of aliphatic hydroxyl groups excluding tert-OH is 3. The van der Waals surface area contributed by atoms with E-state index in [0.29, 0.717) is 31.4 Å². The maximum atomic E-state index is 12.9. The third-order valence-electron chi connectivity index (χ3n) is 10.0. The fourth-order valence-corrected chi connectivity index (χ4v) is 6.29. The Bertz CT molecular complexity index is 1420. The van der Waals surface area contributed by atoms with E-state index >= 15 is 0 Å². The number of benzene rings is 2. The van der Waals surface area contributed by atoms with Crippen molar-refractivity contribution >= 4 is 11.8 Å². The van der Waals surface area contributed by atoms with Crippen LogP contribution in [0, 0.1) is 6.92 Å². The molecule has 4 rings (SSSR count). The van der Waals surface area contributed by atoms with Crippen molar-refractivity contribution < 1.29 is 39.5 Å². The zero-order valence-corrected chi connectivity index (χ0v) is 29.0. The zero-order chi connectivity index (χ0) is 34.9. The van der Waals surface area contributed by atoms with Gasteiger partial charge in [-0.1, -0.05) is 36.4 Å². The van der Waals surface area contributed by atoms with Gasteiger partial charge >= 0.3 is 0 Å².